The van der Waals surface area contributed by atoms with Crippen LogP contribution in [0.1, 0.15) is 44.5 Å². The minimum absolute atomic E-state index is 0.734. The van der Waals surface area contributed by atoms with Gasteiger partial charge in [-0.1, -0.05) is 121 Å². The molecular formula is C70H54N4O. The van der Waals surface area contributed by atoms with E-state index in [4.69, 9.17) is 14.7 Å². The molecule has 0 amide bonds. The van der Waals surface area contributed by atoms with Gasteiger partial charge in [0.25, 0.3) is 0 Å². The van der Waals surface area contributed by atoms with Gasteiger partial charge in [0.15, 0.2) is 0 Å². The molecule has 360 valence electrons. The van der Waals surface area contributed by atoms with Crippen LogP contribution in [0.2, 0.25) is 0 Å². The van der Waals surface area contributed by atoms with Crippen LogP contribution in [0.3, 0.4) is 0 Å². The Hall–Kier alpha value is -9.06. The van der Waals surface area contributed by atoms with Crippen molar-refractivity contribution in [3.63, 3.8) is 0 Å². The normalized spacial score (nSPS) is 12.0. The fraction of sp³-hybridized carbons (Fsp3) is 0.114. The Bertz CT molecular complexity index is 4400. The quantitative estimate of drug-likeness (QED) is 0.156. The molecule has 75 heavy (non-hydrogen) atoms. The zero-order valence-electron chi connectivity index (χ0n) is 43.5. The highest BCUT2D eigenvalue weighted by Gasteiger charge is 2.26. The average molecular weight is 967 g/mol. The van der Waals surface area contributed by atoms with Crippen molar-refractivity contribution in [2.75, 3.05) is 0 Å². The molecule has 14 rings (SSSR count). The molecule has 0 saturated carbocycles. The summed E-state index contributed by atoms with van der Waals surface area (Å²) >= 11 is 0. The van der Waals surface area contributed by atoms with Gasteiger partial charge in [-0.3, -0.25) is 8.80 Å². The first kappa shape index (κ1) is 44.6. The molecule has 0 radical (unpaired) electrons. The molecule has 5 nitrogen and oxygen atoms in total. The summed E-state index contributed by atoms with van der Waals surface area (Å²) in [6.07, 6.45) is 0. The van der Waals surface area contributed by atoms with Crippen LogP contribution in [0.5, 0.6) is 11.5 Å². The standard InChI is InChI=1S/C70H54N4O/c1-39-17-13-18-40(2)61(39)53-35-33-51-49-31-29-47(37-55(49)69-71-57-25-9-11-27-59(57)73(69)67(51)65(53)63-43(5)21-15-22-44(63)6)75-48-30-32-50-52-34-36-54(62-41(3)19-14-20-42(62)4)66(64-45(7)23-16-24-46(64)8)68(52)74-60-28-12-10-26-58(60)72-70(74)56(50)38-48/h9-38H,1-8H3. The number of pyridine rings is 2. The van der Waals surface area contributed by atoms with Crippen molar-refractivity contribution in [1.29, 1.82) is 0 Å². The molecule has 0 fully saturated rings. The summed E-state index contributed by atoms with van der Waals surface area (Å²) in [5.41, 5.74) is 28.0. The smallest absolute Gasteiger partial charge is 0.146 e. The van der Waals surface area contributed by atoms with Gasteiger partial charge in [-0.2, -0.15) is 0 Å². The molecule has 10 aromatic carbocycles. The predicted molar refractivity (Wildman–Crippen MR) is 315 cm³/mol. The molecule has 0 bridgehead atoms. The van der Waals surface area contributed by atoms with Gasteiger partial charge < -0.3 is 4.74 Å². The van der Waals surface area contributed by atoms with Crippen LogP contribution in [0.15, 0.2) is 182 Å². The van der Waals surface area contributed by atoms with Crippen LogP contribution in [-0.2, 0) is 0 Å². The maximum absolute atomic E-state index is 7.05. The molecule has 0 spiro atoms. The van der Waals surface area contributed by atoms with Crippen molar-refractivity contribution in [2.24, 2.45) is 0 Å². The highest BCUT2D eigenvalue weighted by atomic mass is 16.5. The summed E-state index contributed by atoms with van der Waals surface area (Å²) in [4.78, 5) is 10.9. The van der Waals surface area contributed by atoms with E-state index in [2.05, 4.69) is 246 Å². The molecule has 0 atom stereocenters. The van der Waals surface area contributed by atoms with Crippen molar-refractivity contribution in [1.82, 2.24) is 18.8 Å². The molecule has 4 heterocycles. The first-order chi connectivity index (χ1) is 36.5. The Kier molecular flexibility index (Phi) is 9.96. The predicted octanol–water partition coefficient (Wildman–Crippen LogP) is 18.8. The second-order valence-corrected chi connectivity index (χ2v) is 20.9. The van der Waals surface area contributed by atoms with Gasteiger partial charge in [0, 0.05) is 32.7 Å². The number of nitrogens with zero attached hydrogens (tertiary/aromatic N) is 4. The summed E-state index contributed by atoms with van der Waals surface area (Å²) < 4.78 is 11.9. The van der Waals surface area contributed by atoms with Gasteiger partial charge in [0.1, 0.15) is 22.8 Å². The zero-order valence-corrected chi connectivity index (χ0v) is 43.5. The summed E-state index contributed by atoms with van der Waals surface area (Å²) in [6, 6.07) is 66.1. The van der Waals surface area contributed by atoms with Crippen molar-refractivity contribution in [3.05, 3.63) is 226 Å². The minimum Gasteiger partial charge on any atom is -0.457 e. The van der Waals surface area contributed by atoms with E-state index < -0.39 is 0 Å². The third kappa shape index (κ3) is 6.63. The number of ether oxygens (including phenoxy) is 1. The van der Waals surface area contributed by atoms with E-state index in [1.165, 1.54) is 89.0 Å². The summed E-state index contributed by atoms with van der Waals surface area (Å²) in [6.45, 7) is 17.9. The highest BCUT2D eigenvalue weighted by Crippen LogP contribution is 2.49. The lowest BCUT2D eigenvalue weighted by Crippen LogP contribution is -2.01. The number of aryl methyl sites for hydroxylation is 8. The molecule has 0 saturated heterocycles. The van der Waals surface area contributed by atoms with Crippen LogP contribution < -0.4 is 4.74 Å². The SMILES string of the molecule is Cc1cccc(C)c1-c1ccc2c3ccc(Oc4ccc5c(c4)c4nc6ccccc6n4c4c(-c6c(C)cccc6C)c(-c6c(C)cccc6C)ccc54)cc3c3nc4ccccc4n3c2c1-c1c(C)cccc1C. The van der Waals surface area contributed by atoms with E-state index in [-0.39, 0.29) is 0 Å². The number of fused-ring (bicyclic) bond motifs is 16. The van der Waals surface area contributed by atoms with Crippen LogP contribution in [0.25, 0.3) is 121 Å². The van der Waals surface area contributed by atoms with Crippen molar-refractivity contribution in [3.8, 4) is 56.0 Å². The number of benzene rings is 10. The van der Waals surface area contributed by atoms with Gasteiger partial charge in [-0.05, 0) is 205 Å². The van der Waals surface area contributed by atoms with E-state index in [0.717, 1.165) is 88.2 Å². The summed E-state index contributed by atoms with van der Waals surface area (Å²) in [5, 5.41) is 6.61. The van der Waals surface area contributed by atoms with Crippen molar-refractivity contribution < 1.29 is 4.74 Å². The van der Waals surface area contributed by atoms with Gasteiger partial charge in [-0.15, -0.1) is 0 Å². The van der Waals surface area contributed by atoms with Crippen molar-refractivity contribution >= 4 is 76.7 Å². The Balaban J connectivity index is 1.01. The Morgan fingerprint density at radius 2 is 0.627 bits per heavy atom. The fourth-order valence-corrected chi connectivity index (χ4v) is 12.9. The lowest BCUT2D eigenvalue weighted by atomic mass is 9.84. The van der Waals surface area contributed by atoms with E-state index in [1.54, 1.807) is 0 Å². The first-order valence-electron chi connectivity index (χ1n) is 26.1. The van der Waals surface area contributed by atoms with E-state index in [0.29, 0.717) is 0 Å². The van der Waals surface area contributed by atoms with Gasteiger partial charge in [0.2, 0.25) is 0 Å². The molecule has 0 aliphatic rings. The van der Waals surface area contributed by atoms with E-state index >= 15 is 0 Å². The lowest BCUT2D eigenvalue weighted by Gasteiger charge is -2.22. The number of rotatable bonds is 6. The second-order valence-electron chi connectivity index (χ2n) is 20.9. The largest absolute Gasteiger partial charge is 0.457 e. The van der Waals surface area contributed by atoms with Crippen LogP contribution in [-0.4, -0.2) is 18.8 Å². The maximum Gasteiger partial charge on any atom is 0.146 e. The van der Waals surface area contributed by atoms with E-state index in [9.17, 15) is 0 Å². The molecule has 5 heteroatoms. The number of para-hydroxylation sites is 4. The Morgan fingerprint density at radius 1 is 0.293 bits per heavy atom. The van der Waals surface area contributed by atoms with Crippen LogP contribution in [0, 0.1) is 55.4 Å². The molecule has 0 unspecified atom stereocenters. The van der Waals surface area contributed by atoms with Crippen LogP contribution in [0.4, 0.5) is 0 Å². The fourth-order valence-electron chi connectivity index (χ4n) is 12.9. The van der Waals surface area contributed by atoms with Gasteiger partial charge in [-0.25, -0.2) is 9.97 Å². The Labute approximate surface area is 436 Å². The molecule has 0 aliphatic carbocycles. The maximum atomic E-state index is 7.05. The molecule has 4 aromatic heterocycles. The van der Waals surface area contributed by atoms with Gasteiger partial charge >= 0.3 is 0 Å². The average Bonchev–Trinajstić information content (AvgIpc) is 3.99. The third-order valence-corrected chi connectivity index (χ3v) is 16.2. The number of imidazole rings is 2. The zero-order chi connectivity index (χ0) is 51.0. The van der Waals surface area contributed by atoms with Crippen LogP contribution >= 0.6 is 0 Å². The topological polar surface area (TPSA) is 43.8 Å². The summed E-state index contributed by atoms with van der Waals surface area (Å²) in [7, 11) is 0. The number of hydrogen-bond acceptors (Lipinski definition) is 3. The van der Waals surface area contributed by atoms with E-state index in [1.807, 2.05) is 0 Å². The summed E-state index contributed by atoms with van der Waals surface area (Å²) in [5.74, 6) is 1.47. The Morgan fingerprint density at radius 3 is 1.00 bits per heavy atom. The minimum atomic E-state index is 0.734. The molecule has 14 aromatic rings. The second kappa shape index (κ2) is 16.7. The molecule has 0 N–H and O–H groups in total. The first-order valence-corrected chi connectivity index (χ1v) is 26.1. The lowest BCUT2D eigenvalue weighted by molar-refractivity contribution is 0.484. The van der Waals surface area contributed by atoms with Gasteiger partial charge in [0.05, 0.1) is 33.1 Å². The third-order valence-electron chi connectivity index (χ3n) is 16.2. The van der Waals surface area contributed by atoms with Crippen molar-refractivity contribution in [2.45, 2.75) is 55.4 Å². The number of hydrogen-bond donors (Lipinski definition) is 0. The highest BCUT2D eigenvalue weighted by molar-refractivity contribution is 6.21. The molecule has 0 aliphatic heterocycles. The number of aromatic nitrogens is 4. The molecular weight excluding hydrogens is 913 g/mol. The monoisotopic (exact) mass is 966 g/mol.